The summed E-state index contributed by atoms with van der Waals surface area (Å²) in [5, 5.41) is 0. The van der Waals surface area contributed by atoms with Crippen LogP contribution in [0.15, 0.2) is 43.0 Å². The molecule has 1 nitrogen and oxygen atoms in total. The highest BCUT2D eigenvalue weighted by Gasteiger charge is 2.16. The standard InChI is InChI=1S/C15H22O/c1-5-9-15(12(2)3)16-13(4)14-10-7-6-8-11-14/h5-8,10-13,15H,1,9H2,2-4H3. The van der Waals surface area contributed by atoms with Gasteiger partial charge in [-0.3, -0.25) is 0 Å². The van der Waals surface area contributed by atoms with Crippen LogP contribution in [0.1, 0.15) is 38.9 Å². The van der Waals surface area contributed by atoms with Crippen LogP contribution in [-0.2, 0) is 4.74 Å². The van der Waals surface area contributed by atoms with Gasteiger partial charge in [0, 0.05) is 0 Å². The van der Waals surface area contributed by atoms with Crippen LogP contribution in [0.25, 0.3) is 0 Å². The van der Waals surface area contributed by atoms with Crippen molar-refractivity contribution >= 4 is 0 Å². The van der Waals surface area contributed by atoms with E-state index in [0.29, 0.717) is 5.92 Å². The third-order valence-electron chi connectivity index (χ3n) is 2.79. The van der Waals surface area contributed by atoms with Gasteiger partial charge in [-0.15, -0.1) is 6.58 Å². The fourth-order valence-corrected chi connectivity index (χ4v) is 1.71. The van der Waals surface area contributed by atoms with Gasteiger partial charge in [-0.2, -0.15) is 0 Å². The van der Waals surface area contributed by atoms with Crippen molar-refractivity contribution in [2.45, 2.75) is 39.4 Å². The molecule has 2 atom stereocenters. The zero-order valence-electron chi connectivity index (χ0n) is 10.5. The summed E-state index contributed by atoms with van der Waals surface area (Å²) >= 11 is 0. The molecule has 0 aromatic heterocycles. The van der Waals surface area contributed by atoms with Gasteiger partial charge >= 0.3 is 0 Å². The second-order valence-electron chi connectivity index (χ2n) is 4.50. The molecule has 1 aromatic rings. The quantitative estimate of drug-likeness (QED) is 0.644. The summed E-state index contributed by atoms with van der Waals surface area (Å²) < 4.78 is 6.07. The van der Waals surface area contributed by atoms with Crippen LogP contribution in [-0.4, -0.2) is 6.10 Å². The van der Waals surface area contributed by atoms with Crippen LogP contribution >= 0.6 is 0 Å². The van der Waals surface area contributed by atoms with Gasteiger partial charge in [-0.25, -0.2) is 0 Å². The van der Waals surface area contributed by atoms with Gasteiger partial charge in [-0.1, -0.05) is 50.3 Å². The predicted molar refractivity (Wildman–Crippen MR) is 69.4 cm³/mol. The molecule has 0 aliphatic carbocycles. The fourth-order valence-electron chi connectivity index (χ4n) is 1.71. The van der Waals surface area contributed by atoms with Crippen LogP contribution in [0.2, 0.25) is 0 Å². The van der Waals surface area contributed by atoms with E-state index >= 15 is 0 Å². The molecule has 1 heteroatoms. The molecule has 0 radical (unpaired) electrons. The van der Waals surface area contributed by atoms with Crippen LogP contribution in [0.4, 0.5) is 0 Å². The third kappa shape index (κ3) is 3.82. The maximum absolute atomic E-state index is 6.07. The molecule has 16 heavy (non-hydrogen) atoms. The lowest BCUT2D eigenvalue weighted by molar-refractivity contribution is -0.0263. The lowest BCUT2D eigenvalue weighted by Crippen LogP contribution is -2.20. The van der Waals surface area contributed by atoms with Gasteiger partial charge in [0.2, 0.25) is 0 Å². The first kappa shape index (κ1) is 13.0. The number of hydrogen-bond donors (Lipinski definition) is 0. The zero-order valence-corrected chi connectivity index (χ0v) is 10.5. The van der Waals surface area contributed by atoms with Crippen molar-refractivity contribution in [3.8, 4) is 0 Å². The highest BCUT2D eigenvalue weighted by Crippen LogP contribution is 2.22. The highest BCUT2D eigenvalue weighted by molar-refractivity contribution is 5.16. The molecule has 1 aromatic carbocycles. The Bertz CT molecular complexity index is 302. The van der Waals surface area contributed by atoms with Crippen LogP contribution in [0, 0.1) is 5.92 Å². The smallest absolute Gasteiger partial charge is 0.0800 e. The molecular formula is C15H22O. The summed E-state index contributed by atoms with van der Waals surface area (Å²) in [6.07, 6.45) is 3.25. The maximum Gasteiger partial charge on any atom is 0.0800 e. The number of ether oxygens (including phenoxy) is 1. The van der Waals surface area contributed by atoms with Gasteiger partial charge in [0.05, 0.1) is 12.2 Å². The maximum atomic E-state index is 6.07. The summed E-state index contributed by atoms with van der Waals surface area (Å²) in [6.45, 7) is 10.3. The van der Waals surface area contributed by atoms with Gasteiger partial charge < -0.3 is 4.74 Å². The average Bonchev–Trinajstić information content (AvgIpc) is 2.29. The Balaban J connectivity index is 2.61. The number of benzene rings is 1. The number of rotatable bonds is 6. The van der Waals surface area contributed by atoms with Gasteiger partial charge in [0.25, 0.3) is 0 Å². The monoisotopic (exact) mass is 218 g/mol. The average molecular weight is 218 g/mol. The van der Waals surface area contributed by atoms with Gasteiger partial charge in [0.15, 0.2) is 0 Å². The molecule has 0 aliphatic heterocycles. The fraction of sp³-hybridized carbons (Fsp3) is 0.467. The molecule has 1 rings (SSSR count). The normalized spacial score (nSPS) is 14.8. The minimum Gasteiger partial charge on any atom is -0.370 e. The van der Waals surface area contributed by atoms with E-state index < -0.39 is 0 Å². The molecule has 0 bridgehead atoms. The minimum absolute atomic E-state index is 0.147. The van der Waals surface area contributed by atoms with Gasteiger partial charge in [0.1, 0.15) is 0 Å². The Morgan fingerprint density at radius 2 is 1.81 bits per heavy atom. The van der Waals surface area contributed by atoms with Crippen molar-refractivity contribution in [1.29, 1.82) is 0 Å². The number of hydrogen-bond acceptors (Lipinski definition) is 1. The van der Waals surface area contributed by atoms with E-state index in [9.17, 15) is 0 Å². The van der Waals surface area contributed by atoms with Crippen LogP contribution in [0.5, 0.6) is 0 Å². The molecule has 0 N–H and O–H groups in total. The summed E-state index contributed by atoms with van der Waals surface area (Å²) in [5.74, 6) is 0.518. The Kier molecular flexibility index (Phi) is 5.27. The molecule has 2 unspecified atom stereocenters. The first-order valence-electron chi connectivity index (χ1n) is 5.96. The van der Waals surface area contributed by atoms with Crippen molar-refractivity contribution in [2.24, 2.45) is 5.92 Å². The highest BCUT2D eigenvalue weighted by atomic mass is 16.5. The SMILES string of the molecule is C=CCC(OC(C)c1ccccc1)C(C)C. The summed E-state index contributed by atoms with van der Waals surface area (Å²) in [7, 11) is 0. The molecular weight excluding hydrogens is 196 g/mol. The minimum atomic E-state index is 0.147. The molecule has 0 saturated carbocycles. The van der Waals surface area contributed by atoms with Crippen LogP contribution in [0.3, 0.4) is 0 Å². The molecule has 88 valence electrons. The molecule has 0 amide bonds. The first-order chi connectivity index (χ1) is 7.65. The first-order valence-corrected chi connectivity index (χ1v) is 5.96. The van der Waals surface area contributed by atoms with E-state index in [1.165, 1.54) is 5.56 Å². The van der Waals surface area contributed by atoms with Crippen LogP contribution < -0.4 is 0 Å². The molecule has 0 fully saturated rings. The zero-order chi connectivity index (χ0) is 12.0. The second kappa shape index (κ2) is 6.49. The Morgan fingerprint density at radius 3 is 2.31 bits per heavy atom. The predicted octanol–water partition coefficient (Wildman–Crippen LogP) is 4.36. The summed E-state index contributed by atoms with van der Waals surface area (Å²) in [6, 6.07) is 10.3. The van der Waals surface area contributed by atoms with E-state index in [-0.39, 0.29) is 12.2 Å². The van der Waals surface area contributed by atoms with Crippen molar-refractivity contribution in [2.75, 3.05) is 0 Å². The Morgan fingerprint density at radius 1 is 1.19 bits per heavy atom. The van der Waals surface area contributed by atoms with Crippen molar-refractivity contribution in [3.63, 3.8) is 0 Å². The molecule has 0 spiro atoms. The largest absolute Gasteiger partial charge is 0.370 e. The van der Waals surface area contributed by atoms with Crippen molar-refractivity contribution in [1.82, 2.24) is 0 Å². The third-order valence-corrected chi connectivity index (χ3v) is 2.79. The van der Waals surface area contributed by atoms with E-state index in [1.807, 2.05) is 24.3 Å². The Labute approximate surface area is 99.1 Å². The van der Waals surface area contributed by atoms with E-state index in [0.717, 1.165) is 6.42 Å². The van der Waals surface area contributed by atoms with E-state index in [2.05, 4.69) is 39.5 Å². The van der Waals surface area contributed by atoms with Crippen molar-refractivity contribution < 1.29 is 4.74 Å². The topological polar surface area (TPSA) is 9.23 Å². The van der Waals surface area contributed by atoms with Gasteiger partial charge in [-0.05, 0) is 24.8 Å². The lowest BCUT2D eigenvalue weighted by Gasteiger charge is -2.24. The Hall–Kier alpha value is -1.08. The summed E-state index contributed by atoms with van der Waals surface area (Å²) in [5.41, 5.74) is 1.23. The van der Waals surface area contributed by atoms with E-state index in [4.69, 9.17) is 4.74 Å². The van der Waals surface area contributed by atoms with E-state index in [1.54, 1.807) is 0 Å². The summed E-state index contributed by atoms with van der Waals surface area (Å²) in [4.78, 5) is 0. The lowest BCUT2D eigenvalue weighted by atomic mass is 10.0. The molecule has 0 saturated heterocycles. The van der Waals surface area contributed by atoms with Crippen molar-refractivity contribution in [3.05, 3.63) is 48.6 Å². The molecule has 0 heterocycles. The molecule has 0 aliphatic rings. The second-order valence-corrected chi connectivity index (χ2v) is 4.50.